The lowest BCUT2D eigenvalue weighted by atomic mass is 10.1. The molecular weight excluding hydrogens is 242 g/mol. The van der Waals surface area contributed by atoms with Crippen molar-refractivity contribution < 1.29 is 14.6 Å². The van der Waals surface area contributed by atoms with Crippen LogP contribution in [0, 0.1) is 5.92 Å². The molecule has 0 bridgehead atoms. The highest BCUT2D eigenvalue weighted by Crippen LogP contribution is 2.12. The molecule has 0 heterocycles. The van der Waals surface area contributed by atoms with E-state index in [1.165, 1.54) is 0 Å². The van der Waals surface area contributed by atoms with Gasteiger partial charge in [-0.05, 0) is 23.6 Å². The Balaban J connectivity index is 2.46. The molecule has 0 aliphatic rings. The predicted molar refractivity (Wildman–Crippen MR) is 76.3 cm³/mol. The van der Waals surface area contributed by atoms with Crippen molar-refractivity contribution >= 4 is 12.0 Å². The van der Waals surface area contributed by atoms with Gasteiger partial charge in [-0.3, -0.25) is 4.79 Å². The topological polar surface area (TPSA) is 58.6 Å². The summed E-state index contributed by atoms with van der Waals surface area (Å²) in [4.78, 5) is 11.0. The van der Waals surface area contributed by atoms with Crippen LogP contribution in [0.3, 0.4) is 0 Å². The van der Waals surface area contributed by atoms with Crippen molar-refractivity contribution in [1.82, 2.24) is 5.32 Å². The number of rotatable bonds is 7. The van der Waals surface area contributed by atoms with Crippen molar-refractivity contribution in [3.63, 3.8) is 0 Å². The van der Waals surface area contributed by atoms with E-state index in [0.29, 0.717) is 6.54 Å². The number of hydrogen-bond acceptors (Lipinski definition) is 3. The number of aliphatic carboxylic acids is 1. The first-order valence-corrected chi connectivity index (χ1v) is 6.31. The van der Waals surface area contributed by atoms with E-state index in [1.54, 1.807) is 7.11 Å². The summed E-state index contributed by atoms with van der Waals surface area (Å²) >= 11 is 0. The molecular formula is C15H21NO3. The molecule has 19 heavy (non-hydrogen) atoms. The molecule has 4 nitrogen and oxygen atoms in total. The van der Waals surface area contributed by atoms with Gasteiger partial charge in [0.25, 0.3) is 0 Å². The Morgan fingerprint density at radius 3 is 2.47 bits per heavy atom. The maximum Gasteiger partial charge on any atom is 0.320 e. The first-order valence-electron chi connectivity index (χ1n) is 6.31. The van der Waals surface area contributed by atoms with Crippen LogP contribution in [-0.2, 0) is 4.79 Å². The third-order valence-electron chi connectivity index (χ3n) is 2.81. The van der Waals surface area contributed by atoms with Gasteiger partial charge in [-0.2, -0.15) is 0 Å². The first kappa shape index (κ1) is 15.2. The highest BCUT2D eigenvalue weighted by atomic mass is 16.5. The minimum absolute atomic E-state index is 0.0619. The third-order valence-corrected chi connectivity index (χ3v) is 2.81. The van der Waals surface area contributed by atoms with Gasteiger partial charge >= 0.3 is 5.97 Å². The minimum atomic E-state index is -0.812. The van der Waals surface area contributed by atoms with Crippen molar-refractivity contribution in [3.05, 3.63) is 35.9 Å². The van der Waals surface area contributed by atoms with Crippen LogP contribution in [0.2, 0.25) is 0 Å². The van der Waals surface area contributed by atoms with Gasteiger partial charge in [-0.15, -0.1) is 0 Å². The van der Waals surface area contributed by atoms with Crippen molar-refractivity contribution in [2.75, 3.05) is 13.7 Å². The molecule has 0 aromatic heterocycles. The molecule has 0 spiro atoms. The minimum Gasteiger partial charge on any atom is -0.497 e. The van der Waals surface area contributed by atoms with Crippen LogP contribution in [-0.4, -0.2) is 30.8 Å². The summed E-state index contributed by atoms with van der Waals surface area (Å²) in [6.45, 7) is 4.30. The molecule has 0 amide bonds. The monoisotopic (exact) mass is 263 g/mol. The average molecular weight is 263 g/mol. The Morgan fingerprint density at radius 2 is 2.00 bits per heavy atom. The van der Waals surface area contributed by atoms with Gasteiger partial charge in [0.15, 0.2) is 0 Å². The van der Waals surface area contributed by atoms with Gasteiger partial charge in [0.05, 0.1) is 7.11 Å². The summed E-state index contributed by atoms with van der Waals surface area (Å²) in [5.41, 5.74) is 1.05. The lowest BCUT2D eigenvalue weighted by Crippen LogP contribution is -2.40. The molecule has 4 heteroatoms. The number of ether oxygens (including phenoxy) is 1. The van der Waals surface area contributed by atoms with Gasteiger partial charge in [0, 0.05) is 6.54 Å². The summed E-state index contributed by atoms with van der Waals surface area (Å²) in [5.74, 6) is 0.0701. The fourth-order valence-corrected chi connectivity index (χ4v) is 1.71. The summed E-state index contributed by atoms with van der Waals surface area (Å²) in [6.07, 6.45) is 3.87. The van der Waals surface area contributed by atoms with Crippen molar-refractivity contribution in [2.24, 2.45) is 5.92 Å². The number of carbonyl (C=O) groups is 1. The van der Waals surface area contributed by atoms with Crippen molar-refractivity contribution in [2.45, 2.75) is 19.9 Å². The molecule has 0 unspecified atom stereocenters. The standard InChI is InChI=1S/C15H21NO3/c1-11(2)14(15(17)18)16-10-4-5-12-6-8-13(19-3)9-7-12/h4-9,11,14,16H,10H2,1-3H3,(H,17,18)/t14-/m0/s1. The second-order valence-corrected chi connectivity index (χ2v) is 4.64. The molecule has 1 rings (SSSR count). The molecule has 1 aromatic carbocycles. The Bertz CT molecular complexity index is 424. The van der Waals surface area contributed by atoms with Crippen molar-refractivity contribution in [1.29, 1.82) is 0 Å². The number of carboxylic acid groups (broad SMARTS) is 1. The summed E-state index contributed by atoms with van der Waals surface area (Å²) in [6, 6.07) is 7.17. The van der Waals surface area contributed by atoms with Crippen LogP contribution in [0.25, 0.3) is 6.08 Å². The van der Waals surface area contributed by atoms with E-state index in [0.717, 1.165) is 11.3 Å². The number of hydrogen-bond donors (Lipinski definition) is 2. The first-order chi connectivity index (χ1) is 9.04. The van der Waals surface area contributed by atoms with Crippen molar-refractivity contribution in [3.8, 4) is 5.75 Å². The molecule has 0 aliphatic heterocycles. The van der Waals surface area contributed by atoms with E-state index in [1.807, 2.05) is 50.3 Å². The maximum absolute atomic E-state index is 11.0. The Labute approximate surface area is 114 Å². The average Bonchev–Trinajstić information content (AvgIpc) is 2.38. The number of nitrogens with one attached hydrogen (secondary N) is 1. The lowest BCUT2D eigenvalue weighted by Gasteiger charge is -2.16. The predicted octanol–water partition coefficient (Wildman–Crippen LogP) is 2.41. The van der Waals surface area contributed by atoms with Crippen LogP contribution in [0.5, 0.6) is 5.75 Å². The number of carboxylic acids is 1. The van der Waals surface area contributed by atoms with Crippen LogP contribution in [0.1, 0.15) is 19.4 Å². The lowest BCUT2D eigenvalue weighted by molar-refractivity contribution is -0.140. The molecule has 1 atom stereocenters. The summed E-state index contributed by atoms with van der Waals surface area (Å²) in [5, 5.41) is 12.0. The molecule has 1 aromatic rings. The Morgan fingerprint density at radius 1 is 1.37 bits per heavy atom. The van der Waals surface area contributed by atoms with E-state index in [4.69, 9.17) is 9.84 Å². The number of benzene rings is 1. The fraction of sp³-hybridized carbons (Fsp3) is 0.400. The highest BCUT2D eigenvalue weighted by molar-refractivity contribution is 5.73. The molecule has 0 radical (unpaired) electrons. The van der Waals surface area contributed by atoms with E-state index in [-0.39, 0.29) is 5.92 Å². The van der Waals surface area contributed by atoms with Crippen LogP contribution < -0.4 is 10.1 Å². The molecule has 0 aliphatic carbocycles. The number of methoxy groups -OCH3 is 1. The summed E-state index contributed by atoms with van der Waals surface area (Å²) < 4.78 is 5.08. The fourth-order valence-electron chi connectivity index (χ4n) is 1.71. The molecule has 2 N–H and O–H groups in total. The molecule has 104 valence electrons. The van der Waals surface area contributed by atoms with Crippen LogP contribution in [0.15, 0.2) is 30.3 Å². The molecule has 0 saturated carbocycles. The molecule has 0 saturated heterocycles. The van der Waals surface area contributed by atoms with Gasteiger partial charge < -0.3 is 15.2 Å². The van der Waals surface area contributed by atoms with E-state index < -0.39 is 12.0 Å². The highest BCUT2D eigenvalue weighted by Gasteiger charge is 2.19. The smallest absolute Gasteiger partial charge is 0.320 e. The summed E-state index contributed by atoms with van der Waals surface area (Å²) in [7, 11) is 1.63. The Hall–Kier alpha value is -1.81. The van der Waals surface area contributed by atoms with E-state index in [9.17, 15) is 4.79 Å². The zero-order valence-corrected chi connectivity index (χ0v) is 11.6. The van der Waals surface area contributed by atoms with E-state index >= 15 is 0 Å². The third kappa shape index (κ3) is 5.14. The Kier molecular flexibility index (Phi) is 6.09. The second kappa shape index (κ2) is 7.59. The molecule has 0 fully saturated rings. The normalized spacial score (nSPS) is 12.8. The zero-order chi connectivity index (χ0) is 14.3. The van der Waals surface area contributed by atoms with Gasteiger partial charge in [0.1, 0.15) is 11.8 Å². The van der Waals surface area contributed by atoms with Crippen LogP contribution >= 0.6 is 0 Å². The van der Waals surface area contributed by atoms with Gasteiger partial charge in [0.2, 0.25) is 0 Å². The van der Waals surface area contributed by atoms with E-state index in [2.05, 4.69) is 5.32 Å². The quantitative estimate of drug-likeness (QED) is 0.793. The van der Waals surface area contributed by atoms with Gasteiger partial charge in [-0.1, -0.05) is 38.1 Å². The zero-order valence-electron chi connectivity index (χ0n) is 11.6. The van der Waals surface area contributed by atoms with Gasteiger partial charge in [-0.25, -0.2) is 0 Å². The second-order valence-electron chi connectivity index (χ2n) is 4.64. The maximum atomic E-state index is 11.0. The SMILES string of the molecule is COc1ccc(C=CCN[C@H](C(=O)O)C(C)C)cc1. The van der Waals surface area contributed by atoms with Crippen LogP contribution in [0.4, 0.5) is 0 Å². The largest absolute Gasteiger partial charge is 0.497 e.